The molecule has 0 aliphatic carbocycles. The highest BCUT2D eigenvalue weighted by Gasteiger charge is 2.47. The van der Waals surface area contributed by atoms with E-state index in [4.69, 9.17) is 4.74 Å². The molecule has 1 fully saturated rings. The van der Waals surface area contributed by atoms with Gasteiger partial charge in [0.1, 0.15) is 0 Å². The van der Waals surface area contributed by atoms with E-state index in [1.807, 2.05) is 7.05 Å². The lowest BCUT2D eigenvalue weighted by Gasteiger charge is -2.49. The largest absolute Gasteiger partial charge is 0.379 e. The van der Waals surface area contributed by atoms with Gasteiger partial charge in [-0.2, -0.15) is 0 Å². The average Bonchev–Trinajstić information content (AvgIpc) is 2.28. The standard InChI is InChI=1S/C15H23NO/c1-12(2)14(9-16-3)15(10-17-11-15)13-7-5-4-6-8-13/h4-8,12,14,16H,9-11H2,1-3H3. The molecule has 0 saturated carbocycles. The molecule has 1 aliphatic rings. The molecule has 1 atom stereocenters. The Hall–Kier alpha value is -0.860. The van der Waals surface area contributed by atoms with Gasteiger partial charge in [0.2, 0.25) is 0 Å². The van der Waals surface area contributed by atoms with E-state index in [0.29, 0.717) is 11.8 Å². The van der Waals surface area contributed by atoms with Crippen molar-refractivity contribution in [2.75, 3.05) is 26.8 Å². The highest BCUT2D eigenvalue weighted by Crippen LogP contribution is 2.42. The van der Waals surface area contributed by atoms with Gasteiger partial charge in [-0.1, -0.05) is 44.2 Å². The summed E-state index contributed by atoms with van der Waals surface area (Å²) in [5, 5.41) is 3.34. The van der Waals surface area contributed by atoms with Gasteiger partial charge >= 0.3 is 0 Å². The molecule has 0 amide bonds. The Morgan fingerprint density at radius 2 is 1.88 bits per heavy atom. The van der Waals surface area contributed by atoms with Crippen LogP contribution in [0.1, 0.15) is 19.4 Å². The van der Waals surface area contributed by atoms with Crippen LogP contribution in [-0.4, -0.2) is 26.8 Å². The molecular weight excluding hydrogens is 210 g/mol. The Kier molecular flexibility index (Phi) is 3.85. The monoisotopic (exact) mass is 233 g/mol. The molecule has 1 heterocycles. The van der Waals surface area contributed by atoms with Gasteiger partial charge in [0.25, 0.3) is 0 Å². The summed E-state index contributed by atoms with van der Waals surface area (Å²) < 4.78 is 5.54. The van der Waals surface area contributed by atoms with Gasteiger partial charge in [0.05, 0.1) is 13.2 Å². The van der Waals surface area contributed by atoms with Crippen LogP contribution in [0.3, 0.4) is 0 Å². The number of rotatable bonds is 5. The minimum atomic E-state index is 0.221. The summed E-state index contributed by atoms with van der Waals surface area (Å²) in [7, 11) is 2.04. The van der Waals surface area contributed by atoms with Crippen molar-refractivity contribution in [3.05, 3.63) is 35.9 Å². The third kappa shape index (κ3) is 2.24. The van der Waals surface area contributed by atoms with Gasteiger partial charge in [-0.05, 0) is 31.0 Å². The number of nitrogens with one attached hydrogen (secondary N) is 1. The van der Waals surface area contributed by atoms with Crippen LogP contribution in [0.4, 0.5) is 0 Å². The summed E-state index contributed by atoms with van der Waals surface area (Å²) >= 11 is 0. The van der Waals surface area contributed by atoms with Gasteiger partial charge in [-0.25, -0.2) is 0 Å². The van der Waals surface area contributed by atoms with E-state index >= 15 is 0 Å². The number of ether oxygens (including phenoxy) is 1. The predicted molar refractivity (Wildman–Crippen MR) is 71.2 cm³/mol. The quantitative estimate of drug-likeness (QED) is 0.843. The van der Waals surface area contributed by atoms with Gasteiger partial charge < -0.3 is 10.1 Å². The van der Waals surface area contributed by atoms with Crippen molar-refractivity contribution < 1.29 is 4.74 Å². The second-order valence-corrected chi connectivity index (χ2v) is 5.42. The van der Waals surface area contributed by atoms with Crippen LogP contribution in [0.15, 0.2) is 30.3 Å². The molecule has 0 bridgehead atoms. The number of benzene rings is 1. The highest BCUT2D eigenvalue weighted by atomic mass is 16.5. The molecule has 2 heteroatoms. The van der Waals surface area contributed by atoms with E-state index in [-0.39, 0.29) is 5.41 Å². The summed E-state index contributed by atoms with van der Waals surface area (Å²) in [6, 6.07) is 10.8. The molecule has 1 aliphatic heterocycles. The van der Waals surface area contributed by atoms with Crippen molar-refractivity contribution in [3.63, 3.8) is 0 Å². The lowest BCUT2D eigenvalue weighted by atomic mass is 9.64. The van der Waals surface area contributed by atoms with E-state index in [0.717, 1.165) is 19.8 Å². The van der Waals surface area contributed by atoms with Crippen molar-refractivity contribution in [3.8, 4) is 0 Å². The molecule has 2 nitrogen and oxygen atoms in total. The third-order valence-electron chi connectivity index (χ3n) is 4.01. The first-order valence-corrected chi connectivity index (χ1v) is 6.48. The van der Waals surface area contributed by atoms with E-state index in [1.54, 1.807) is 0 Å². The zero-order valence-electron chi connectivity index (χ0n) is 11.1. The second kappa shape index (κ2) is 5.19. The fourth-order valence-corrected chi connectivity index (χ4v) is 2.98. The van der Waals surface area contributed by atoms with Crippen molar-refractivity contribution in [1.82, 2.24) is 5.32 Å². The Balaban J connectivity index is 2.29. The Morgan fingerprint density at radius 3 is 2.29 bits per heavy atom. The maximum Gasteiger partial charge on any atom is 0.0588 e. The lowest BCUT2D eigenvalue weighted by Crippen LogP contribution is -2.56. The van der Waals surface area contributed by atoms with Crippen LogP contribution < -0.4 is 5.32 Å². The van der Waals surface area contributed by atoms with Crippen molar-refractivity contribution in [2.45, 2.75) is 19.3 Å². The first-order chi connectivity index (χ1) is 8.20. The van der Waals surface area contributed by atoms with Gasteiger partial charge in [-0.15, -0.1) is 0 Å². The Labute approximate surface area is 104 Å². The van der Waals surface area contributed by atoms with Crippen LogP contribution in [0.25, 0.3) is 0 Å². The Morgan fingerprint density at radius 1 is 1.24 bits per heavy atom. The fraction of sp³-hybridized carbons (Fsp3) is 0.600. The molecule has 0 radical (unpaired) electrons. The second-order valence-electron chi connectivity index (χ2n) is 5.42. The summed E-state index contributed by atoms with van der Waals surface area (Å²) in [5.74, 6) is 1.29. The maximum atomic E-state index is 5.54. The van der Waals surface area contributed by atoms with E-state index in [9.17, 15) is 0 Å². The van der Waals surface area contributed by atoms with Crippen molar-refractivity contribution in [1.29, 1.82) is 0 Å². The fourth-order valence-electron chi connectivity index (χ4n) is 2.98. The molecule has 1 aromatic rings. The van der Waals surface area contributed by atoms with Crippen LogP contribution in [0.5, 0.6) is 0 Å². The zero-order valence-corrected chi connectivity index (χ0v) is 11.1. The molecule has 0 spiro atoms. The highest BCUT2D eigenvalue weighted by molar-refractivity contribution is 5.29. The maximum absolute atomic E-state index is 5.54. The summed E-state index contributed by atoms with van der Waals surface area (Å²) in [6.45, 7) is 7.40. The smallest absolute Gasteiger partial charge is 0.0588 e. The van der Waals surface area contributed by atoms with E-state index < -0.39 is 0 Å². The molecule has 17 heavy (non-hydrogen) atoms. The van der Waals surface area contributed by atoms with E-state index in [1.165, 1.54) is 5.56 Å². The minimum Gasteiger partial charge on any atom is -0.379 e. The van der Waals surface area contributed by atoms with Gasteiger partial charge in [0.15, 0.2) is 0 Å². The molecule has 1 saturated heterocycles. The normalized spacial score (nSPS) is 20.0. The zero-order chi connectivity index (χ0) is 12.3. The van der Waals surface area contributed by atoms with Gasteiger partial charge in [0, 0.05) is 5.41 Å². The first-order valence-electron chi connectivity index (χ1n) is 6.48. The van der Waals surface area contributed by atoms with Crippen LogP contribution in [-0.2, 0) is 10.2 Å². The molecule has 94 valence electrons. The topological polar surface area (TPSA) is 21.3 Å². The van der Waals surface area contributed by atoms with Crippen molar-refractivity contribution >= 4 is 0 Å². The van der Waals surface area contributed by atoms with Crippen molar-refractivity contribution in [2.24, 2.45) is 11.8 Å². The molecule has 1 unspecified atom stereocenters. The third-order valence-corrected chi connectivity index (χ3v) is 4.01. The molecule has 0 aromatic heterocycles. The number of hydrogen-bond donors (Lipinski definition) is 1. The van der Waals surface area contributed by atoms with Crippen LogP contribution >= 0.6 is 0 Å². The number of hydrogen-bond acceptors (Lipinski definition) is 2. The molecule has 2 rings (SSSR count). The van der Waals surface area contributed by atoms with E-state index in [2.05, 4.69) is 49.5 Å². The van der Waals surface area contributed by atoms with Gasteiger partial charge in [-0.3, -0.25) is 0 Å². The lowest BCUT2D eigenvalue weighted by molar-refractivity contribution is -0.0995. The summed E-state index contributed by atoms with van der Waals surface area (Å²) in [6.07, 6.45) is 0. The van der Waals surface area contributed by atoms with Crippen LogP contribution in [0.2, 0.25) is 0 Å². The van der Waals surface area contributed by atoms with Crippen LogP contribution in [0, 0.1) is 11.8 Å². The minimum absolute atomic E-state index is 0.221. The Bertz CT molecular complexity index is 343. The molecule has 1 aromatic carbocycles. The molecule has 1 N–H and O–H groups in total. The summed E-state index contributed by atoms with van der Waals surface area (Å²) in [5.41, 5.74) is 1.65. The average molecular weight is 233 g/mol. The summed E-state index contributed by atoms with van der Waals surface area (Å²) in [4.78, 5) is 0. The first kappa shape index (κ1) is 12.6. The predicted octanol–water partition coefficient (Wildman–Crippen LogP) is 2.45. The molecular formula is C15H23NO. The SMILES string of the molecule is CNCC(C(C)C)C1(c2ccccc2)COC1.